The van der Waals surface area contributed by atoms with E-state index in [1.54, 1.807) is 0 Å². The van der Waals surface area contributed by atoms with E-state index in [2.05, 4.69) is 16.0 Å². The second-order valence-corrected chi connectivity index (χ2v) is 23.0. The van der Waals surface area contributed by atoms with Crippen LogP contribution in [0, 0.1) is 0 Å². The predicted molar refractivity (Wildman–Crippen MR) is 286 cm³/mol. The molecule has 0 spiro atoms. The maximum absolute atomic E-state index is 13.7. The van der Waals surface area contributed by atoms with Gasteiger partial charge < -0.3 is 190 Å². The maximum Gasteiger partial charge on any atom is 0.364 e. The Morgan fingerprint density at radius 2 is 0.989 bits per heavy atom. The Labute approximate surface area is 526 Å². The number of hydrogen-bond acceptors (Lipinski definition) is 38. The molecule has 42 heteroatoms. The van der Waals surface area contributed by atoms with Gasteiger partial charge in [0.15, 0.2) is 31.5 Å². The Morgan fingerprint density at radius 1 is 0.505 bits per heavy atom. The summed E-state index contributed by atoms with van der Waals surface area (Å²) in [5.74, 6) is -8.93. The van der Waals surface area contributed by atoms with Gasteiger partial charge in [-0.2, -0.15) is 0 Å². The standard InChI is InChI=1S/C51H87N3O39/c1-13-27(69)32(74)34(76)46(82-13)90-42-26(53-15(3)64)45(91-43-31(73)21(9-59)84-48(36(43)78)87-38(28(70)18(66)6-56)16(5-55)52-14(2)63)85-22(10-60)39(42)88-49-37(79)44(40(23(11-61)86-49)89-47-35(77)33(75)30(72)20(8-58)83-47)93-51(50(80)81)4-17(65)25(54-24(68)12-62)41(92-51)29(71)19(67)7-57/h13,16-23,25-49,55-62,65-67,69-79H,4-12H2,1-3H3,(H,52,63)(H,53,64)(H,54,68)(H,80,81)/t13-,16-,17-,18+,19+,20+,21+,22+,23+,25+,26+,27+,28-,29+,30-,31-,32+,33-,34-,35+,36+,37+,38+,39+,40-,41+,42+,43-,44+,45-,46-,47-,48-,49-,51-/m0/s1. The van der Waals surface area contributed by atoms with Gasteiger partial charge in [-0.15, -0.1) is 0 Å². The van der Waals surface area contributed by atoms with Crippen molar-refractivity contribution in [3.63, 3.8) is 0 Å². The monoisotopic (exact) mass is 1370 g/mol. The molecule has 0 aromatic rings. The first kappa shape index (κ1) is 78.5. The second kappa shape index (κ2) is 34.3. The summed E-state index contributed by atoms with van der Waals surface area (Å²) in [5, 5.41) is 256. The molecule has 93 heavy (non-hydrogen) atoms. The van der Waals surface area contributed by atoms with Crippen molar-refractivity contribution in [3.8, 4) is 0 Å². The highest BCUT2D eigenvalue weighted by atomic mass is 16.8. The lowest BCUT2D eigenvalue weighted by molar-refractivity contribution is -0.409. The van der Waals surface area contributed by atoms with Crippen LogP contribution in [0.5, 0.6) is 0 Å². The highest BCUT2D eigenvalue weighted by Crippen LogP contribution is 2.42. The normalized spacial score (nSPS) is 43.6. The van der Waals surface area contributed by atoms with Gasteiger partial charge in [0, 0.05) is 20.3 Å². The van der Waals surface area contributed by atoms with Crippen molar-refractivity contribution in [3.05, 3.63) is 0 Å². The lowest BCUT2D eigenvalue weighted by Gasteiger charge is -2.53. The molecule has 3 amide bonds. The average Bonchev–Trinajstić information content (AvgIpc) is 0.755. The molecule has 26 N–H and O–H groups in total. The maximum atomic E-state index is 13.7. The molecular weight excluding hydrogens is 1280 g/mol. The fourth-order valence-electron chi connectivity index (χ4n) is 11.4. The van der Waals surface area contributed by atoms with Crippen LogP contribution in [0.1, 0.15) is 27.2 Å². The summed E-state index contributed by atoms with van der Waals surface area (Å²) in [6.45, 7) is -6.58. The van der Waals surface area contributed by atoms with Crippen molar-refractivity contribution in [2.24, 2.45) is 0 Å². The van der Waals surface area contributed by atoms with Crippen LogP contribution >= 0.6 is 0 Å². The van der Waals surface area contributed by atoms with E-state index in [0.717, 1.165) is 13.8 Å². The number of carbonyl (C=O) groups excluding carboxylic acids is 3. The molecular formula is C51H87N3O39. The quantitative estimate of drug-likeness (QED) is 0.0331. The topological polar surface area (TPSA) is 680 Å². The molecule has 6 saturated heterocycles. The number of hydrogen-bond donors (Lipinski definition) is 26. The molecule has 6 heterocycles. The summed E-state index contributed by atoms with van der Waals surface area (Å²) in [6.07, 6.45) is -69.6. The van der Waals surface area contributed by atoms with Crippen molar-refractivity contribution in [1.82, 2.24) is 16.0 Å². The number of carboxylic acid groups (broad SMARTS) is 1. The zero-order valence-electron chi connectivity index (χ0n) is 49.8. The third-order valence-electron chi connectivity index (χ3n) is 16.4. The minimum absolute atomic E-state index is 0.835. The summed E-state index contributed by atoms with van der Waals surface area (Å²) in [6, 6.07) is -5.72. The zero-order chi connectivity index (χ0) is 69.4. The number of aliphatic hydroxyl groups excluding tert-OH is 22. The Hall–Kier alpha value is -3.48. The highest BCUT2D eigenvalue weighted by Gasteiger charge is 2.63. The minimum Gasteiger partial charge on any atom is -0.477 e. The molecule has 42 nitrogen and oxygen atoms in total. The first-order valence-corrected chi connectivity index (χ1v) is 29.2. The Morgan fingerprint density at radius 3 is 1.52 bits per heavy atom. The van der Waals surface area contributed by atoms with Crippen LogP contribution < -0.4 is 16.0 Å². The largest absolute Gasteiger partial charge is 0.477 e. The van der Waals surface area contributed by atoms with Crippen LogP contribution in [0.25, 0.3) is 0 Å². The third kappa shape index (κ3) is 17.7. The third-order valence-corrected chi connectivity index (χ3v) is 16.4. The van der Waals surface area contributed by atoms with E-state index < -0.39 is 297 Å². The van der Waals surface area contributed by atoms with E-state index in [1.807, 2.05) is 0 Å². The predicted octanol–water partition coefficient (Wildman–Crippen LogP) is -17.0. The van der Waals surface area contributed by atoms with Gasteiger partial charge in [-0.05, 0) is 6.92 Å². The van der Waals surface area contributed by atoms with Crippen molar-refractivity contribution < 1.29 is 193 Å². The van der Waals surface area contributed by atoms with E-state index >= 15 is 0 Å². The molecule has 6 aliphatic rings. The number of aliphatic carboxylic acids is 1. The van der Waals surface area contributed by atoms with E-state index in [9.17, 15) is 137 Å². The molecule has 6 aliphatic heterocycles. The highest BCUT2D eigenvalue weighted by molar-refractivity contribution is 5.78. The van der Waals surface area contributed by atoms with Gasteiger partial charge in [0.2, 0.25) is 17.7 Å². The van der Waals surface area contributed by atoms with Crippen LogP contribution in [0.3, 0.4) is 0 Å². The fourth-order valence-corrected chi connectivity index (χ4v) is 11.4. The molecule has 0 aromatic carbocycles. The molecule has 6 rings (SSSR count). The van der Waals surface area contributed by atoms with E-state index in [-0.39, 0.29) is 0 Å². The van der Waals surface area contributed by atoms with Gasteiger partial charge in [-0.1, -0.05) is 0 Å². The van der Waals surface area contributed by atoms with Crippen LogP contribution in [0.4, 0.5) is 0 Å². The van der Waals surface area contributed by atoms with E-state index in [4.69, 9.17) is 56.8 Å². The number of aliphatic hydroxyl groups is 22. The molecule has 0 aromatic heterocycles. The van der Waals surface area contributed by atoms with Crippen molar-refractivity contribution in [1.29, 1.82) is 0 Å². The first-order chi connectivity index (χ1) is 43.8. The summed E-state index contributed by atoms with van der Waals surface area (Å²) in [5.41, 5.74) is 0. The smallest absolute Gasteiger partial charge is 0.364 e. The van der Waals surface area contributed by atoms with Gasteiger partial charge in [-0.25, -0.2) is 4.79 Å². The van der Waals surface area contributed by atoms with Gasteiger partial charge in [-0.3, -0.25) is 14.4 Å². The molecule has 6 fully saturated rings. The van der Waals surface area contributed by atoms with Crippen LogP contribution in [0.15, 0.2) is 0 Å². The number of ether oxygens (including phenoxy) is 12. The van der Waals surface area contributed by atoms with Gasteiger partial charge in [0.1, 0.15) is 159 Å². The molecule has 0 aliphatic carbocycles. The second-order valence-electron chi connectivity index (χ2n) is 23.0. The fraction of sp³-hybridized carbons (Fsp3) is 0.922. The molecule has 0 unspecified atom stereocenters. The summed E-state index contributed by atoms with van der Waals surface area (Å²) >= 11 is 0. The number of nitrogens with one attached hydrogen (secondary N) is 3. The van der Waals surface area contributed by atoms with Crippen LogP contribution in [-0.2, 0) is 76.0 Å². The van der Waals surface area contributed by atoms with Crippen LogP contribution in [-0.4, -0.2) is 408 Å². The van der Waals surface area contributed by atoms with Crippen LogP contribution in [0.2, 0.25) is 0 Å². The molecule has 35 atom stereocenters. The van der Waals surface area contributed by atoms with E-state index in [0.29, 0.717) is 0 Å². The molecule has 0 radical (unpaired) electrons. The zero-order valence-corrected chi connectivity index (χ0v) is 49.8. The van der Waals surface area contributed by atoms with Gasteiger partial charge in [0.25, 0.3) is 5.79 Å². The lowest BCUT2D eigenvalue weighted by atomic mass is 9.88. The SMILES string of the molecule is CC(=O)N[C@H]1[C@H](O[C@H]2[C@@H](O)[C@@H](CO)O[C@@H](O[C@@H]([C@@H](O)[C@H](O)CO)[C@H](CO)NC(C)=O)[C@@H]2O)O[C@H](CO)[C@@H](O[C@@H]2O[C@H](CO)[C@H](O[C@@H]3O[C@H](CO)[C@H](O)[C@H](O)[C@H]3O)[C@H](O[C@]3(C(=O)O)C[C@H](O)[C@@H](NC(=O)CO)[C@H]([C@H](O)[C@H](O)CO)O3)[C@H]2O)[C@@H]1O[C@@H]1O[C@@H](C)[C@@H](O)[C@@H](O)[C@@H]1O. The first-order valence-electron chi connectivity index (χ1n) is 29.2. The summed E-state index contributed by atoms with van der Waals surface area (Å²) < 4.78 is 71.2. The molecule has 540 valence electrons. The number of carboxylic acids is 1. The van der Waals surface area contributed by atoms with Gasteiger partial charge in [0.05, 0.1) is 70.5 Å². The number of carbonyl (C=O) groups is 4. The Bertz CT molecular complexity index is 2360. The molecule has 0 saturated carbocycles. The van der Waals surface area contributed by atoms with E-state index in [1.165, 1.54) is 6.92 Å². The Kier molecular flexibility index (Phi) is 29.0. The molecule has 0 bridgehead atoms. The minimum atomic E-state index is -3.51. The average molecular weight is 1370 g/mol. The van der Waals surface area contributed by atoms with Crippen molar-refractivity contribution >= 4 is 23.7 Å². The van der Waals surface area contributed by atoms with Crippen molar-refractivity contribution in [2.45, 2.75) is 241 Å². The summed E-state index contributed by atoms with van der Waals surface area (Å²) in [4.78, 5) is 51.7. The summed E-state index contributed by atoms with van der Waals surface area (Å²) in [7, 11) is 0. The number of rotatable bonds is 29. The van der Waals surface area contributed by atoms with Crippen molar-refractivity contribution in [2.75, 3.05) is 52.9 Å². The number of amides is 3. The van der Waals surface area contributed by atoms with Gasteiger partial charge >= 0.3 is 5.97 Å². The Balaban J connectivity index is 1.47. The lowest BCUT2D eigenvalue weighted by Crippen LogP contribution is -2.72.